The number of aromatic nitrogens is 1. The molecule has 0 spiro atoms. The molecule has 1 N–H and O–H groups in total. The van der Waals surface area contributed by atoms with Crippen molar-refractivity contribution in [2.24, 2.45) is 5.92 Å². The minimum absolute atomic E-state index is 0.609. The molecular weight excluding hydrogens is 210 g/mol. The van der Waals surface area contributed by atoms with Crippen LogP contribution in [0.25, 0.3) is 0 Å². The van der Waals surface area contributed by atoms with Gasteiger partial charge >= 0.3 is 0 Å². The van der Waals surface area contributed by atoms with Crippen LogP contribution in [0.3, 0.4) is 0 Å². The topological polar surface area (TPSA) is 28.2 Å². The predicted molar refractivity (Wildman–Crippen MR) is 72.4 cm³/mol. The molecule has 2 heterocycles. The Labute approximate surface area is 104 Å². The standard InChI is InChI=1S/C14H23N3/c1-11-9-16-12(2)6-8-17(10-11)14-5-4-7-15-13(14)3/h4-5,7,11-12,16H,6,8-10H2,1-3H3. The number of rotatable bonds is 1. The third-order valence-corrected chi connectivity index (χ3v) is 3.50. The van der Waals surface area contributed by atoms with E-state index in [4.69, 9.17) is 0 Å². The minimum Gasteiger partial charge on any atom is -0.370 e. The Morgan fingerprint density at radius 1 is 1.41 bits per heavy atom. The molecule has 1 fully saturated rings. The number of aryl methyl sites for hydroxylation is 1. The van der Waals surface area contributed by atoms with Crippen LogP contribution >= 0.6 is 0 Å². The van der Waals surface area contributed by atoms with Gasteiger partial charge in [-0.05, 0) is 44.9 Å². The maximum Gasteiger partial charge on any atom is 0.0605 e. The highest BCUT2D eigenvalue weighted by Gasteiger charge is 2.17. The second kappa shape index (κ2) is 5.50. The monoisotopic (exact) mass is 233 g/mol. The van der Waals surface area contributed by atoms with Gasteiger partial charge in [-0.1, -0.05) is 6.92 Å². The number of hydrogen-bond acceptors (Lipinski definition) is 3. The summed E-state index contributed by atoms with van der Waals surface area (Å²) in [5.74, 6) is 0.678. The first-order chi connectivity index (χ1) is 8.16. The number of anilines is 1. The summed E-state index contributed by atoms with van der Waals surface area (Å²) in [7, 11) is 0. The van der Waals surface area contributed by atoms with Gasteiger partial charge in [0.1, 0.15) is 0 Å². The maximum absolute atomic E-state index is 4.40. The normalized spacial score (nSPS) is 26.4. The summed E-state index contributed by atoms with van der Waals surface area (Å²) in [6.07, 6.45) is 3.07. The van der Waals surface area contributed by atoms with Crippen molar-refractivity contribution in [3.05, 3.63) is 24.0 Å². The van der Waals surface area contributed by atoms with Crippen molar-refractivity contribution in [1.29, 1.82) is 0 Å². The van der Waals surface area contributed by atoms with Gasteiger partial charge in [0.05, 0.1) is 11.4 Å². The summed E-state index contributed by atoms with van der Waals surface area (Å²) in [6.45, 7) is 10.0. The highest BCUT2D eigenvalue weighted by atomic mass is 15.2. The summed E-state index contributed by atoms with van der Waals surface area (Å²) in [6, 6.07) is 4.83. The number of pyridine rings is 1. The molecule has 0 amide bonds. The summed E-state index contributed by atoms with van der Waals surface area (Å²) < 4.78 is 0. The molecule has 1 saturated heterocycles. The van der Waals surface area contributed by atoms with Crippen molar-refractivity contribution in [3.63, 3.8) is 0 Å². The summed E-state index contributed by atoms with van der Waals surface area (Å²) >= 11 is 0. The van der Waals surface area contributed by atoms with Gasteiger partial charge in [-0.25, -0.2) is 0 Å². The van der Waals surface area contributed by atoms with Gasteiger partial charge < -0.3 is 10.2 Å². The van der Waals surface area contributed by atoms with E-state index in [-0.39, 0.29) is 0 Å². The van der Waals surface area contributed by atoms with Gasteiger partial charge in [-0.3, -0.25) is 4.98 Å². The van der Waals surface area contributed by atoms with Crippen molar-refractivity contribution in [2.75, 3.05) is 24.5 Å². The SMILES string of the molecule is Cc1ncccc1N1CCC(C)NCC(C)C1. The Hall–Kier alpha value is -1.09. The van der Waals surface area contributed by atoms with Crippen LogP contribution in [0.15, 0.2) is 18.3 Å². The zero-order valence-electron chi connectivity index (χ0n) is 11.1. The lowest BCUT2D eigenvalue weighted by atomic mass is 10.1. The van der Waals surface area contributed by atoms with Crippen LogP contribution in [0, 0.1) is 12.8 Å². The fourth-order valence-corrected chi connectivity index (χ4v) is 2.41. The van der Waals surface area contributed by atoms with Crippen LogP contribution in [-0.4, -0.2) is 30.7 Å². The summed E-state index contributed by atoms with van der Waals surface area (Å²) in [4.78, 5) is 6.89. The average Bonchev–Trinajstić information content (AvgIpc) is 2.31. The maximum atomic E-state index is 4.40. The molecule has 1 aromatic rings. The molecule has 0 bridgehead atoms. The molecule has 1 aliphatic rings. The molecule has 17 heavy (non-hydrogen) atoms. The number of nitrogens with zero attached hydrogens (tertiary/aromatic N) is 2. The zero-order valence-corrected chi connectivity index (χ0v) is 11.1. The largest absolute Gasteiger partial charge is 0.370 e. The zero-order chi connectivity index (χ0) is 12.3. The molecule has 0 aromatic carbocycles. The van der Waals surface area contributed by atoms with E-state index in [1.54, 1.807) is 0 Å². The second-order valence-electron chi connectivity index (χ2n) is 5.26. The summed E-state index contributed by atoms with van der Waals surface area (Å²) in [5.41, 5.74) is 2.44. The average molecular weight is 233 g/mol. The fourth-order valence-electron chi connectivity index (χ4n) is 2.41. The van der Waals surface area contributed by atoms with E-state index >= 15 is 0 Å². The predicted octanol–water partition coefficient (Wildman–Crippen LogP) is 2.21. The lowest BCUT2D eigenvalue weighted by Crippen LogP contribution is -2.42. The van der Waals surface area contributed by atoms with Crippen LogP contribution < -0.4 is 10.2 Å². The van der Waals surface area contributed by atoms with Gasteiger partial charge in [0.25, 0.3) is 0 Å². The van der Waals surface area contributed by atoms with Gasteiger partial charge in [0.2, 0.25) is 0 Å². The molecule has 2 atom stereocenters. The van der Waals surface area contributed by atoms with E-state index in [0.717, 1.165) is 25.3 Å². The molecule has 3 heteroatoms. The van der Waals surface area contributed by atoms with Crippen molar-refractivity contribution in [1.82, 2.24) is 10.3 Å². The lowest BCUT2D eigenvalue weighted by Gasteiger charge is -2.33. The first-order valence-corrected chi connectivity index (χ1v) is 6.56. The van der Waals surface area contributed by atoms with E-state index in [9.17, 15) is 0 Å². The van der Waals surface area contributed by atoms with E-state index in [2.05, 4.69) is 42.0 Å². The van der Waals surface area contributed by atoms with E-state index < -0.39 is 0 Å². The van der Waals surface area contributed by atoms with Crippen LogP contribution in [0.1, 0.15) is 26.0 Å². The quantitative estimate of drug-likeness (QED) is 0.806. The molecule has 0 saturated carbocycles. The van der Waals surface area contributed by atoms with E-state index in [1.165, 1.54) is 12.1 Å². The molecule has 2 rings (SSSR count). The Kier molecular flexibility index (Phi) is 4.00. The number of hydrogen-bond donors (Lipinski definition) is 1. The molecule has 2 unspecified atom stereocenters. The molecule has 1 aromatic heterocycles. The van der Waals surface area contributed by atoms with Gasteiger partial charge in [0, 0.05) is 25.3 Å². The molecule has 0 aliphatic carbocycles. The van der Waals surface area contributed by atoms with Gasteiger partial charge in [0.15, 0.2) is 0 Å². The lowest BCUT2D eigenvalue weighted by molar-refractivity contribution is 0.410. The van der Waals surface area contributed by atoms with Gasteiger partial charge in [-0.15, -0.1) is 0 Å². The molecule has 94 valence electrons. The first kappa shape index (κ1) is 12.4. The van der Waals surface area contributed by atoms with E-state index in [1.807, 2.05) is 12.3 Å². The summed E-state index contributed by atoms with van der Waals surface area (Å²) in [5, 5.41) is 3.58. The van der Waals surface area contributed by atoms with Crippen molar-refractivity contribution >= 4 is 5.69 Å². The van der Waals surface area contributed by atoms with E-state index in [0.29, 0.717) is 12.0 Å². The Morgan fingerprint density at radius 3 is 3.00 bits per heavy atom. The Morgan fingerprint density at radius 2 is 2.24 bits per heavy atom. The molecule has 3 nitrogen and oxygen atoms in total. The Balaban J connectivity index is 2.15. The van der Waals surface area contributed by atoms with Crippen LogP contribution in [0.4, 0.5) is 5.69 Å². The van der Waals surface area contributed by atoms with Crippen molar-refractivity contribution < 1.29 is 0 Å². The van der Waals surface area contributed by atoms with Crippen molar-refractivity contribution in [2.45, 2.75) is 33.2 Å². The van der Waals surface area contributed by atoms with Crippen LogP contribution in [0.5, 0.6) is 0 Å². The highest BCUT2D eigenvalue weighted by molar-refractivity contribution is 5.49. The molecule has 0 radical (unpaired) electrons. The Bertz CT molecular complexity index is 364. The third-order valence-electron chi connectivity index (χ3n) is 3.50. The first-order valence-electron chi connectivity index (χ1n) is 6.56. The smallest absolute Gasteiger partial charge is 0.0605 e. The molecular formula is C14H23N3. The van der Waals surface area contributed by atoms with Gasteiger partial charge in [-0.2, -0.15) is 0 Å². The highest BCUT2D eigenvalue weighted by Crippen LogP contribution is 2.20. The molecule has 1 aliphatic heterocycles. The number of nitrogens with one attached hydrogen (secondary N) is 1. The third kappa shape index (κ3) is 3.19. The minimum atomic E-state index is 0.609. The van der Waals surface area contributed by atoms with Crippen LogP contribution in [0.2, 0.25) is 0 Å². The van der Waals surface area contributed by atoms with Crippen LogP contribution in [-0.2, 0) is 0 Å². The fraction of sp³-hybridized carbons (Fsp3) is 0.643. The van der Waals surface area contributed by atoms with Crippen molar-refractivity contribution in [3.8, 4) is 0 Å². The second-order valence-corrected chi connectivity index (χ2v) is 5.26.